The summed E-state index contributed by atoms with van der Waals surface area (Å²) in [5.74, 6) is 0.222. The van der Waals surface area contributed by atoms with E-state index in [2.05, 4.69) is 20.4 Å². The summed E-state index contributed by atoms with van der Waals surface area (Å²) in [6.45, 7) is 1.99. The number of nitrogen functional groups attached to an aromatic ring is 1. The lowest BCUT2D eigenvalue weighted by Crippen LogP contribution is -2.03. The highest BCUT2D eigenvalue weighted by molar-refractivity contribution is 6.31. The quantitative estimate of drug-likeness (QED) is 0.747. The Balaban J connectivity index is 1.86. The van der Waals surface area contributed by atoms with E-state index < -0.39 is 0 Å². The molecule has 2 heterocycles. The third-order valence-corrected chi connectivity index (χ3v) is 3.73. The Morgan fingerprint density at radius 2 is 2.13 bits per heavy atom. The number of halogens is 2. The number of nitrogens with one attached hydrogen (secondary N) is 1. The highest BCUT2D eigenvalue weighted by atomic mass is 35.5. The van der Waals surface area contributed by atoms with Gasteiger partial charge in [-0.15, -0.1) is 5.10 Å². The molecule has 3 rings (SSSR count). The molecule has 0 atom stereocenters. The van der Waals surface area contributed by atoms with Gasteiger partial charge in [-0.2, -0.15) is 10.3 Å². The van der Waals surface area contributed by atoms with Gasteiger partial charge in [0.1, 0.15) is 18.2 Å². The second-order valence-electron chi connectivity index (χ2n) is 5.12. The number of fused-ring (bicyclic) bond motifs is 1. The fourth-order valence-electron chi connectivity index (χ4n) is 2.31. The third kappa shape index (κ3) is 3.19. The maximum absolute atomic E-state index is 14.2. The number of anilines is 1. The van der Waals surface area contributed by atoms with E-state index >= 15 is 0 Å². The normalized spacial score (nSPS) is 11.1. The maximum Gasteiger partial charge on any atom is 0.207 e. The Labute approximate surface area is 136 Å². The number of nitrogens with two attached hydrogens (primary N) is 1. The van der Waals surface area contributed by atoms with E-state index in [4.69, 9.17) is 22.1 Å². The van der Waals surface area contributed by atoms with Crippen molar-refractivity contribution in [2.75, 3.05) is 5.73 Å². The van der Waals surface area contributed by atoms with Crippen molar-refractivity contribution in [1.29, 1.82) is 0 Å². The summed E-state index contributed by atoms with van der Waals surface area (Å²) in [6.07, 6.45) is 1.70. The first kappa shape index (κ1) is 15.5. The summed E-state index contributed by atoms with van der Waals surface area (Å²) in [6, 6.07) is 4.77. The van der Waals surface area contributed by atoms with Crippen LogP contribution in [-0.4, -0.2) is 20.4 Å². The van der Waals surface area contributed by atoms with E-state index in [1.807, 2.05) is 6.92 Å². The number of aromatic nitrogens is 4. The number of hydrogen-bond donors (Lipinski definition) is 2. The molecule has 120 valence electrons. The first-order valence-electron chi connectivity index (χ1n) is 7.15. The van der Waals surface area contributed by atoms with Gasteiger partial charge in [-0.3, -0.25) is 0 Å². The van der Waals surface area contributed by atoms with E-state index in [1.54, 1.807) is 6.07 Å². The summed E-state index contributed by atoms with van der Waals surface area (Å²) >= 11 is 6.17. The standard InChI is InChI=1S/C15H15ClFN5O/c1-2-3-8-4-10(16)9(11(17)5-8)7-23-12-6-13(18)19-15-14(12)20-22-21-15/h4-6H,2-3,7H2,1H3,(H3,18,19,20,21,22). The largest absolute Gasteiger partial charge is 0.486 e. The molecule has 0 aliphatic carbocycles. The van der Waals surface area contributed by atoms with Crippen molar-refractivity contribution in [2.24, 2.45) is 0 Å². The molecule has 0 unspecified atom stereocenters. The van der Waals surface area contributed by atoms with Gasteiger partial charge in [0.25, 0.3) is 0 Å². The summed E-state index contributed by atoms with van der Waals surface area (Å²) < 4.78 is 19.9. The van der Waals surface area contributed by atoms with Gasteiger partial charge in [-0.25, -0.2) is 9.37 Å². The van der Waals surface area contributed by atoms with Gasteiger partial charge in [0.15, 0.2) is 11.3 Å². The van der Waals surface area contributed by atoms with Crippen molar-refractivity contribution in [2.45, 2.75) is 26.4 Å². The van der Waals surface area contributed by atoms with Crippen molar-refractivity contribution in [3.63, 3.8) is 0 Å². The molecule has 1 aromatic carbocycles. The molecule has 3 aromatic rings. The molecule has 3 N–H and O–H groups in total. The van der Waals surface area contributed by atoms with Crippen LogP contribution in [-0.2, 0) is 13.0 Å². The van der Waals surface area contributed by atoms with Crippen LogP contribution in [0.5, 0.6) is 5.75 Å². The topological polar surface area (TPSA) is 89.7 Å². The monoisotopic (exact) mass is 335 g/mol. The van der Waals surface area contributed by atoms with E-state index in [9.17, 15) is 4.39 Å². The molecule has 0 aliphatic rings. The predicted octanol–water partition coefficient (Wildman–Crippen LogP) is 3.26. The Kier molecular flexibility index (Phi) is 4.29. The van der Waals surface area contributed by atoms with Crippen molar-refractivity contribution in [1.82, 2.24) is 20.4 Å². The fraction of sp³-hybridized carbons (Fsp3) is 0.267. The lowest BCUT2D eigenvalue weighted by molar-refractivity contribution is 0.303. The van der Waals surface area contributed by atoms with Crippen LogP contribution in [0.2, 0.25) is 5.02 Å². The van der Waals surface area contributed by atoms with Gasteiger partial charge in [0.2, 0.25) is 5.65 Å². The second kappa shape index (κ2) is 6.37. The first-order chi connectivity index (χ1) is 11.1. The van der Waals surface area contributed by atoms with Crippen LogP contribution in [0.15, 0.2) is 18.2 Å². The van der Waals surface area contributed by atoms with Crippen LogP contribution in [0.1, 0.15) is 24.5 Å². The summed E-state index contributed by atoms with van der Waals surface area (Å²) in [7, 11) is 0. The molecule has 2 aromatic heterocycles. The van der Waals surface area contributed by atoms with Gasteiger partial charge in [0.05, 0.1) is 5.02 Å². The van der Waals surface area contributed by atoms with Crippen LogP contribution < -0.4 is 10.5 Å². The number of pyridine rings is 1. The second-order valence-corrected chi connectivity index (χ2v) is 5.52. The van der Waals surface area contributed by atoms with Crippen LogP contribution in [0, 0.1) is 5.82 Å². The Bertz CT molecular complexity index is 828. The van der Waals surface area contributed by atoms with Crippen molar-refractivity contribution >= 4 is 28.6 Å². The minimum absolute atomic E-state index is 0.0392. The molecule has 6 nitrogen and oxygen atoms in total. The summed E-state index contributed by atoms with van der Waals surface area (Å²) in [5.41, 5.74) is 7.62. The zero-order valence-corrected chi connectivity index (χ0v) is 13.2. The Morgan fingerprint density at radius 3 is 2.87 bits per heavy atom. The number of aromatic amines is 1. The molecule has 0 spiro atoms. The van der Waals surface area contributed by atoms with Crippen molar-refractivity contribution in [3.05, 3.63) is 40.2 Å². The molecule has 0 saturated heterocycles. The number of aryl methyl sites for hydroxylation is 1. The number of rotatable bonds is 5. The Morgan fingerprint density at radius 1 is 1.30 bits per heavy atom. The van der Waals surface area contributed by atoms with E-state index in [-0.39, 0.29) is 18.2 Å². The zero-order chi connectivity index (χ0) is 16.4. The number of nitrogens with zero attached hydrogens (tertiary/aromatic N) is 3. The minimum Gasteiger partial charge on any atom is -0.486 e. The summed E-state index contributed by atoms with van der Waals surface area (Å²) in [4.78, 5) is 4.01. The zero-order valence-electron chi connectivity index (χ0n) is 12.4. The highest BCUT2D eigenvalue weighted by Gasteiger charge is 2.14. The molecule has 0 amide bonds. The number of benzene rings is 1. The average molecular weight is 336 g/mol. The minimum atomic E-state index is -0.389. The molecule has 23 heavy (non-hydrogen) atoms. The molecule has 0 bridgehead atoms. The SMILES string of the molecule is CCCc1cc(F)c(COc2cc(N)nc3n[nH]nc23)c(Cl)c1. The third-order valence-electron chi connectivity index (χ3n) is 3.39. The number of H-pyrrole nitrogens is 1. The van der Waals surface area contributed by atoms with Crippen molar-refractivity contribution in [3.8, 4) is 5.75 Å². The highest BCUT2D eigenvalue weighted by Crippen LogP contribution is 2.27. The first-order valence-corrected chi connectivity index (χ1v) is 7.53. The molecule has 0 saturated carbocycles. The fourth-order valence-corrected chi connectivity index (χ4v) is 2.60. The van der Waals surface area contributed by atoms with Gasteiger partial charge < -0.3 is 10.5 Å². The molecule has 0 fully saturated rings. The average Bonchev–Trinajstić information content (AvgIpc) is 2.94. The molecular weight excluding hydrogens is 321 g/mol. The van der Waals surface area contributed by atoms with Crippen LogP contribution >= 0.6 is 11.6 Å². The van der Waals surface area contributed by atoms with Gasteiger partial charge in [-0.05, 0) is 24.1 Å². The van der Waals surface area contributed by atoms with Crippen LogP contribution in [0.3, 0.4) is 0 Å². The van der Waals surface area contributed by atoms with Crippen LogP contribution in [0.25, 0.3) is 11.2 Å². The van der Waals surface area contributed by atoms with E-state index in [1.165, 1.54) is 12.1 Å². The maximum atomic E-state index is 14.2. The van der Waals surface area contributed by atoms with Crippen LogP contribution in [0.4, 0.5) is 10.2 Å². The number of hydrogen-bond acceptors (Lipinski definition) is 5. The van der Waals surface area contributed by atoms with E-state index in [0.29, 0.717) is 27.5 Å². The van der Waals surface area contributed by atoms with Gasteiger partial charge >= 0.3 is 0 Å². The molecular formula is C15H15ClFN5O. The lowest BCUT2D eigenvalue weighted by Gasteiger charge is -2.11. The molecule has 0 radical (unpaired) electrons. The predicted molar refractivity (Wildman–Crippen MR) is 85.8 cm³/mol. The van der Waals surface area contributed by atoms with Crippen molar-refractivity contribution < 1.29 is 9.13 Å². The lowest BCUT2D eigenvalue weighted by atomic mass is 10.1. The van der Waals surface area contributed by atoms with Gasteiger partial charge in [0, 0.05) is 11.6 Å². The molecule has 0 aliphatic heterocycles. The van der Waals surface area contributed by atoms with E-state index in [0.717, 1.165) is 18.4 Å². The summed E-state index contributed by atoms with van der Waals surface area (Å²) in [5, 5.41) is 10.6. The molecule has 8 heteroatoms. The smallest absolute Gasteiger partial charge is 0.207 e. The number of ether oxygens (including phenoxy) is 1. The van der Waals surface area contributed by atoms with Gasteiger partial charge in [-0.1, -0.05) is 24.9 Å². The Hall–Kier alpha value is -2.41.